The zero-order chi connectivity index (χ0) is 19.9. The molecule has 0 spiro atoms. The van der Waals surface area contributed by atoms with Crippen molar-refractivity contribution in [1.82, 2.24) is 0 Å². The SMILES string of the molecule is C=C1C(c2ccc(C)cc2)=CCc2cc(CC(=C)[C@]3(C)CCCC3=C)ccc21. The summed E-state index contributed by atoms with van der Waals surface area (Å²) in [6.45, 7) is 17.6. The summed E-state index contributed by atoms with van der Waals surface area (Å²) < 4.78 is 0. The minimum Gasteiger partial charge on any atom is -0.0990 e. The number of aryl methyl sites for hydroxylation is 1. The van der Waals surface area contributed by atoms with Gasteiger partial charge in [0, 0.05) is 5.41 Å². The van der Waals surface area contributed by atoms with Crippen LogP contribution in [0.15, 0.2) is 79.4 Å². The van der Waals surface area contributed by atoms with E-state index in [0.29, 0.717) is 0 Å². The second-order valence-electron chi connectivity index (χ2n) is 8.73. The van der Waals surface area contributed by atoms with Crippen LogP contribution >= 0.6 is 0 Å². The summed E-state index contributed by atoms with van der Waals surface area (Å²) in [6.07, 6.45) is 7.80. The normalized spacial score (nSPS) is 21.4. The lowest BCUT2D eigenvalue weighted by atomic mass is 9.75. The summed E-state index contributed by atoms with van der Waals surface area (Å²) in [5.74, 6) is 0. The van der Waals surface area contributed by atoms with E-state index in [0.717, 1.165) is 24.8 Å². The molecule has 0 heterocycles. The lowest BCUT2D eigenvalue weighted by molar-refractivity contribution is 0.486. The average molecular weight is 367 g/mol. The molecule has 0 nitrogen and oxygen atoms in total. The van der Waals surface area contributed by atoms with E-state index in [-0.39, 0.29) is 5.41 Å². The molecule has 4 rings (SSSR count). The molecule has 1 atom stereocenters. The summed E-state index contributed by atoms with van der Waals surface area (Å²) in [5, 5.41) is 0. The molecule has 0 unspecified atom stereocenters. The summed E-state index contributed by atoms with van der Waals surface area (Å²) in [7, 11) is 0. The summed E-state index contributed by atoms with van der Waals surface area (Å²) >= 11 is 0. The van der Waals surface area contributed by atoms with Gasteiger partial charge in [-0.3, -0.25) is 0 Å². The quantitative estimate of drug-likeness (QED) is 0.492. The zero-order valence-corrected chi connectivity index (χ0v) is 17.3. The summed E-state index contributed by atoms with van der Waals surface area (Å²) in [6, 6.07) is 15.6. The Labute approximate surface area is 170 Å². The van der Waals surface area contributed by atoms with Gasteiger partial charge in [0.25, 0.3) is 0 Å². The zero-order valence-electron chi connectivity index (χ0n) is 17.3. The molecule has 0 bridgehead atoms. The minimum absolute atomic E-state index is 0.109. The molecule has 2 aliphatic rings. The van der Waals surface area contributed by atoms with Crippen LogP contribution in [0.2, 0.25) is 0 Å². The van der Waals surface area contributed by atoms with Crippen molar-refractivity contribution >= 4 is 11.1 Å². The van der Waals surface area contributed by atoms with E-state index in [9.17, 15) is 0 Å². The Bertz CT molecular complexity index is 997. The highest BCUT2D eigenvalue weighted by molar-refractivity contribution is 6.06. The van der Waals surface area contributed by atoms with Crippen LogP contribution in [0, 0.1) is 12.3 Å². The highest BCUT2D eigenvalue weighted by Crippen LogP contribution is 2.47. The van der Waals surface area contributed by atoms with E-state index in [4.69, 9.17) is 0 Å². The number of fused-ring (bicyclic) bond motifs is 1. The molecule has 2 aromatic rings. The first-order valence-electron chi connectivity index (χ1n) is 10.3. The number of hydrogen-bond donors (Lipinski definition) is 0. The maximum absolute atomic E-state index is 4.45. The van der Waals surface area contributed by atoms with Crippen molar-refractivity contribution in [3.63, 3.8) is 0 Å². The van der Waals surface area contributed by atoms with Crippen molar-refractivity contribution in [2.75, 3.05) is 0 Å². The molecule has 0 aliphatic heterocycles. The third-order valence-electron chi connectivity index (χ3n) is 6.84. The fourth-order valence-corrected chi connectivity index (χ4v) is 4.70. The van der Waals surface area contributed by atoms with E-state index >= 15 is 0 Å². The van der Waals surface area contributed by atoms with Crippen LogP contribution in [-0.2, 0) is 12.8 Å². The van der Waals surface area contributed by atoms with Gasteiger partial charge in [-0.25, -0.2) is 0 Å². The molecule has 28 heavy (non-hydrogen) atoms. The van der Waals surface area contributed by atoms with Gasteiger partial charge < -0.3 is 0 Å². The van der Waals surface area contributed by atoms with Gasteiger partial charge in [0.2, 0.25) is 0 Å². The Hall–Kier alpha value is -2.60. The molecule has 0 radical (unpaired) electrons. The largest absolute Gasteiger partial charge is 0.0990 e. The van der Waals surface area contributed by atoms with Gasteiger partial charge in [-0.1, -0.05) is 91.9 Å². The van der Waals surface area contributed by atoms with Gasteiger partial charge in [-0.15, -0.1) is 0 Å². The lowest BCUT2D eigenvalue weighted by Crippen LogP contribution is -2.17. The molecule has 0 heteroatoms. The van der Waals surface area contributed by atoms with Crippen LogP contribution < -0.4 is 0 Å². The monoisotopic (exact) mass is 366 g/mol. The molecule has 142 valence electrons. The molecular weight excluding hydrogens is 336 g/mol. The number of rotatable bonds is 4. The van der Waals surface area contributed by atoms with E-state index in [1.54, 1.807) is 0 Å². The molecule has 1 fully saturated rings. The fraction of sp³-hybridized carbons (Fsp3) is 0.286. The van der Waals surface area contributed by atoms with Gasteiger partial charge in [0.15, 0.2) is 0 Å². The van der Waals surface area contributed by atoms with Crippen molar-refractivity contribution in [2.45, 2.75) is 46.0 Å². The predicted molar refractivity (Wildman–Crippen MR) is 122 cm³/mol. The summed E-state index contributed by atoms with van der Waals surface area (Å²) in [5.41, 5.74) is 11.7. The first-order valence-corrected chi connectivity index (χ1v) is 10.3. The van der Waals surface area contributed by atoms with Crippen molar-refractivity contribution in [3.8, 4) is 0 Å². The third kappa shape index (κ3) is 3.22. The molecular formula is C28H30. The first-order chi connectivity index (χ1) is 13.4. The topological polar surface area (TPSA) is 0 Å². The molecule has 1 saturated carbocycles. The maximum Gasteiger partial charge on any atom is 0.00903 e. The van der Waals surface area contributed by atoms with Crippen molar-refractivity contribution in [2.24, 2.45) is 5.41 Å². The van der Waals surface area contributed by atoms with Crippen molar-refractivity contribution < 1.29 is 0 Å². The Morgan fingerprint density at radius 2 is 1.82 bits per heavy atom. The van der Waals surface area contributed by atoms with Gasteiger partial charge >= 0.3 is 0 Å². The second kappa shape index (κ2) is 7.09. The standard InChI is InChI=1S/C28H30/c1-19-8-11-24(12-9-19)26-15-13-25-18-23(10-14-27(25)22(26)4)17-21(3)28(5)16-6-7-20(28)2/h8-12,14-15,18H,2-4,6-7,13,16-17H2,1,5H3/t28-/m1/s1. The Balaban J connectivity index is 1.56. The summed E-state index contributed by atoms with van der Waals surface area (Å²) in [4.78, 5) is 0. The van der Waals surface area contributed by atoms with Gasteiger partial charge in [0.1, 0.15) is 0 Å². The molecule has 0 aromatic heterocycles. The molecule has 0 N–H and O–H groups in total. The Morgan fingerprint density at radius 3 is 2.50 bits per heavy atom. The smallest absolute Gasteiger partial charge is 0.00903 e. The van der Waals surface area contributed by atoms with E-state index in [1.165, 1.54) is 57.4 Å². The molecule has 0 saturated heterocycles. The Morgan fingerprint density at radius 1 is 1.07 bits per heavy atom. The Kier molecular flexibility index (Phi) is 4.75. The fourth-order valence-electron chi connectivity index (χ4n) is 4.70. The molecule has 2 aromatic carbocycles. The van der Waals surface area contributed by atoms with Crippen molar-refractivity contribution in [3.05, 3.63) is 107 Å². The highest BCUT2D eigenvalue weighted by Gasteiger charge is 2.34. The van der Waals surface area contributed by atoms with E-state index < -0.39 is 0 Å². The average Bonchev–Trinajstić information content (AvgIpc) is 3.03. The van der Waals surface area contributed by atoms with Gasteiger partial charge in [-0.05, 0) is 72.4 Å². The first kappa shape index (κ1) is 18.7. The van der Waals surface area contributed by atoms with Crippen molar-refractivity contribution in [1.29, 1.82) is 0 Å². The van der Waals surface area contributed by atoms with Crippen LogP contribution in [0.5, 0.6) is 0 Å². The van der Waals surface area contributed by atoms with Crippen LogP contribution in [0.4, 0.5) is 0 Å². The second-order valence-corrected chi connectivity index (χ2v) is 8.73. The van der Waals surface area contributed by atoms with Gasteiger partial charge in [-0.2, -0.15) is 0 Å². The molecule has 0 amide bonds. The van der Waals surface area contributed by atoms with E-state index in [1.807, 2.05) is 0 Å². The lowest BCUT2D eigenvalue weighted by Gasteiger charge is -2.29. The van der Waals surface area contributed by atoms with Crippen LogP contribution in [-0.4, -0.2) is 0 Å². The maximum atomic E-state index is 4.45. The minimum atomic E-state index is 0.109. The highest BCUT2D eigenvalue weighted by atomic mass is 14.4. The predicted octanol–water partition coefficient (Wildman–Crippen LogP) is 7.49. The van der Waals surface area contributed by atoms with E-state index in [2.05, 4.69) is 82.1 Å². The number of hydrogen-bond acceptors (Lipinski definition) is 0. The number of allylic oxidation sites excluding steroid dienone is 5. The molecule has 2 aliphatic carbocycles. The van der Waals surface area contributed by atoms with Crippen LogP contribution in [0.1, 0.15) is 54.0 Å². The van der Waals surface area contributed by atoms with Crippen LogP contribution in [0.25, 0.3) is 11.1 Å². The third-order valence-corrected chi connectivity index (χ3v) is 6.84. The number of benzene rings is 2. The van der Waals surface area contributed by atoms with Crippen LogP contribution in [0.3, 0.4) is 0 Å². The van der Waals surface area contributed by atoms with Gasteiger partial charge in [0.05, 0.1) is 0 Å².